The minimum absolute atomic E-state index is 0.0930. The largest absolute Gasteiger partial charge is 0.497 e. The molecule has 1 amide bonds. The Hall–Kier alpha value is -3.59. The molecule has 7 nitrogen and oxygen atoms in total. The standard InChI is InChI=1S/C23H23FN2O5S/c1-30-18-9-7-17(8-10-18)15-25-23(27)16-26(22-6-4-3-5-21(22)24)32(28,29)20-13-11-19(31-2)12-14-20/h3-14H,15-16H2,1-2H3,(H,25,27). The van der Waals surface area contributed by atoms with Gasteiger partial charge in [-0.2, -0.15) is 0 Å². The van der Waals surface area contributed by atoms with E-state index >= 15 is 0 Å². The van der Waals surface area contributed by atoms with E-state index in [1.165, 1.54) is 49.6 Å². The lowest BCUT2D eigenvalue weighted by Gasteiger charge is -2.24. The van der Waals surface area contributed by atoms with Crippen molar-refractivity contribution >= 4 is 21.6 Å². The predicted octanol–water partition coefficient (Wildman–Crippen LogP) is 3.35. The van der Waals surface area contributed by atoms with E-state index < -0.39 is 28.3 Å². The second-order valence-corrected chi connectivity index (χ2v) is 8.63. The molecule has 9 heteroatoms. The van der Waals surface area contributed by atoms with Gasteiger partial charge in [0.2, 0.25) is 5.91 Å². The number of ether oxygens (including phenoxy) is 2. The van der Waals surface area contributed by atoms with Crippen molar-refractivity contribution in [2.75, 3.05) is 25.1 Å². The first-order valence-corrected chi connectivity index (χ1v) is 11.1. The number of carbonyl (C=O) groups is 1. The molecule has 3 aromatic rings. The second kappa shape index (κ2) is 10.1. The Balaban J connectivity index is 1.84. The lowest BCUT2D eigenvalue weighted by Crippen LogP contribution is -2.41. The van der Waals surface area contributed by atoms with Crippen molar-refractivity contribution in [2.24, 2.45) is 0 Å². The van der Waals surface area contributed by atoms with Crippen LogP contribution in [0.5, 0.6) is 11.5 Å². The first-order chi connectivity index (χ1) is 15.3. The number of hydrogen-bond acceptors (Lipinski definition) is 5. The maximum Gasteiger partial charge on any atom is 0.264 e. The minimum atomic E-state index is -4.23. The summed E-state index contributed by atoms with van der Waals surface area (Å²) in [6, 6.07) is 18.1. The van der Waals surface area contributed by atoms with Crippen LogP contribution in [0.3, 0.4) is 0 Å². The summed E-state index contributed by atoms with van der Waals surface area (Å²) in [6.45, 7) is -0.415. The van der Waals surface area contributed by atoms with E-state index in [9.17, 15) is 17.6 Å². The van der Waals surface area contributed by atoms with Crippen LogP contribution in [0.4, 0.5) is 10.1 Å². The highest BCUT2D eigenvalue weighted by atomic mass is 32.2. The van der Waals surface area contributed by atoms with Gasteiger partial charge in [-0.25, -0.2) is 12.8 Å². The van der Waals surface area contributed by atoms with Gasteiger partial charge in [-0.1, -0.05) is 24.3 Å². The lowest BCUT2D eigenvalue weighted by molar-refractivity contribution is -0.119. The molecule has 0 spiro atoms. The van der Waals surface area contributed by atoms with Crippen molar-refractivity contribution in [1.29, 1.82) is 0 Å². The number of nitrogens with zero attached hydrogens (tertiary/aromatic N) is 1. The van der Waals surface area contributed by atoms with E-state index in [0.29, 0.717) is 11.5 Å². The molecular formula is C23H23FN2O5S. The Morgan fingerprint density at radius 3 is 2.03 bits per heavy atom. The van der Waals surface area contributed by atoms with Crippen LogP contribution >= 0.6 is 0 Å². The first-order valence-electron chi connectivity index (χ1n) is 9.66. The number of para-hydroxylation sites is 1. The fourth-order valence-electron chi connectivity index (χ4n) is 2.96. The molecule has 0 heterocycles. The summed E-state index contributed by atoms with van der Waals surface area (Å²) in [7, 11) is -1.21. The lowest BCUT2D eigenvalue weighted by atomic mass is 10.2. The zero-order chi connectivity index (χ0) is 23.1. The minimum Gasteiger partial charge on any atom is -0.497 e. The van der Waals surface area contributed by atoms with Crippen LogP contribution in [-0.4, -0.2) is 35.1 Å². The van der Waals surface area contributed by atoms with E-state index in [1.54, 1.807) is 31.4 Å². The third kappa shape index (κ3) is 5.36. The molecule has 0 aromatic heterocycles. The Morgan fingerprint density at radius 2 is 1.47 bits per heavy atom. The highest BCUT2D eigenvalue weighted by Crippen LogP contribution is 2.27. The van der Waals surface area contributed by atoms with E-state index in [1.807, 2.05) is 0 Å². The molecule has 0 fully saturated rings. The monoisotopic (exact) mass is 458 g/mol. The van der Waals surface area contributed by atoms with Crippen LogP contribution in [0.25, 0.3) is 0 Å². The zero-order valence-corrected chi connectivity index (χ0v) is 18.4. The predicted molar refractivity (Wildman–Crippen MR) is 119 cm³/mol. The molecule has 32 heavy (non-hydrogen) atoms. The molecule has 0 radical (unpaired) electrons. The highest BCUT2D eigenvalue weighted by molar-refractivity contribution is 7.92. The molecule has 0 saturated heterocycles. The van der Waals surface area contributed by atoms with Gasteiger partial charge in [-0.15, -0.1) is 0 Å². The number of amides is 1. The van der Waals surface area contributed by atoms with Gasteiger partial charge in [0.1, 0.15) is 23.9 Å². The topological polar surface area (TPSA) is 84.9 Å². The van der Waals surface area contributed by atoms with Crippen LogP contribution in [0.2, 0.25) is 0 Å². The molecule has 0 bridgehead atoms. The van der Waals surface area contributed by atoms with E-state index in [4.69, 9.17) is 9.47 Å². The van der Waals surface area contributed by atoms with Crippen molar-refractivity contribution in [3.63, 3.8) is 0 Å². The number of nitrogens with one attached hydrogen (secondary N) is 1. The Bertz CT molecular complexity index is 1170. The third-order valence-corrected chi connectivity index (χ3v) is 6.48. The molecule has 3 rings (SSSR count). The number of benzene rings is 3. The Morgan fingerprint density at radius 1 is 0.906 bits per heavy atom. The molecule has 0 atom stereocenters. The van der Waals surface area contributed by atoms with E-state index in [0.717, 1.165) is 15.9 Å². The van der Waals surface area contributed by atoms with E-state index in [-0.39, 0.29) is 17.1 Å². The fourth-order valence-corrected chi connectivity index (χ4v) is 4.39. The van der Waals surface area contributed by atoms with Gasteiger partial charge in [0.15, 0.2) is 0 Å². The number of carbonyl (C=O) groups excluding carboxylic acids is 1. The van der Waals surface area contributed by atoms with Gasteiger partial charge in [0.25, 0.3) is 10.0 Å². The van der Waals surface area contributed by atoms with Crippen molar-refractivity contribution < 1.29 is 27.1 Å². The van der Waals surface area contributed by atoms with Crippen LogP contribution in [0.15, 0.2) is 77.7 Å². The van der Waals surface area contributed by atoms with Crippen molar-refractivity contribution in [2.45, 2.75) is 11.4 Å². The number of sulfonamides is 1. The fraction of sp³-hybridized carbons (Fsp3) is 0.174. The number of rotatable bonds is 9. The van der Waals surface area contributed by atoms with Gasteiger partial charge < -0.3 is 14.8 Å². The summed E-state index contributed by atoms with van der Waals surface area (Å²) in [5.74, 6) is -0.191. The average Bonchev–Trinajstić information content (AvgIpc) is 2.82. The smallest absolute Gasteiger partial charge is 0.264 e. The van der Waals surface area contributed by atoms with Crippen LogP contribution < -0.4 is 19.1 Å². The van der Waals surface area contributed by atoms with Gasteiger partial charge in [0.05, 0.1) is 24.8 Å². The molecule has 0 unspecified atom stereocenters. The van der Waals surface area contributed by atoms with E-state index in [2.05, 4.69) is 5.32 Å². The Kier molecular flexibility index (Phi) is 7.32. The molecule has 0 aliphatic heterocycles. The summed E-state index contributed by atoms with van der Waals surface area (Å²) >= 11 is 0. The Labute approximate surface area is 186 Å². The molecule has 0 aliphatic rings. The first kappa shape index (κ1) is 23.1. The normalized spacial score (nSPS) is 11.0. The molecule has 0 aliphatic carbocycles. The molecular weight excluding hydrogens is 435 g/mol. The number of methoxy groups -OCH3 is 2. The zero-order valence-electron chi connectivity index (χ0n) is 17.6. The summed E-state index contributed by atoms with van der Waals surface area (Å²) in [6.07, 6.45) is 0. The third-order valence-electron chi connectivity index (χ3n) is 4.70. The van der Waals surface area contributed by atoms with Gasteiger partial charge in [0, 0.05) is 6.54 Å². The quantitative estimate of drug-likeness (QED) is 0.532. The van der Waals surface area contributed by atoms with Crippen LogP contribution in [0.1, 0.15) is 5.56 Å². The average molecular weight is 459 g/mol. The SMILES string of the molecule is COc1ccc(CNC(=O)CN(c2ccccc2F)S(=O)(=O)c2ccc(OC)cc2)cc1. The van der Waals surface area contributed by atoms with Gasteiger partial charge in [-0.05, 0) is 54.1 Å². The maximum atomic E-state index is 14.5. The van der Waals surface area contributed by atoms with Crippen molar-refractivity contribution in [3.8, 4) is 11.5 Å². The second-order valence-electron chi connectivity index (χ2n) is 6.76. The molecule has 168 valence electrons. The van der Waals surface area contributed by atoms with Crippen LogP contribution in [-0.2, 0) is 21.4 Å². The molecule has 3 aromatic carbocycles. The maximum absolute atomic E-state index is 14.5. The molecule has 1 N–H and O–H groups in total. The van der Waals surface area contributed by atoms with Crippen LogP contribution in [0, 0.1) is 5.82 Å². The summed E-state index contributed by atoms with van der Waals surface area (Å²) in [5, 5.41) is 2.67. The molecule has 0 saturated carbocycles. The number of halogens is 1. The summed E-state index contributed by atoms with van der Waals surface area (Å²) in [4.78, 5) is 12.5. The van der Waals surface area contributed by atoms with Gasteiger partial charge in [-0.3, -0.25) is 9.10 Å². The number of hydrogen-bond donors (Lipinski definition) is 1. The van der Waals surface area contributed by atoms with Crippen molar-refractivity contribution in [1.82, 2.24) is 5.32 Å². The summed E-state index contributed by atoms with van der Waals surface area (Å²) < 4.78 is 52.0. The number of anilines is 1. The summed E-state index contributed by atoms with van der Waals surface area (Å²) in [5.41, 5.74) is 0.581. The van der Waals surface area contributed by atoms with Crippen molar-refractivity contribution in [3.05, 3.63) is 84.2 Å². The highest BCUT2D eigenvalue weighted by Gasteiger charge is 2.29. The van der Waals surface area contributed by atoms with Gasteiger partial charge >= 0.3 is 0 Å².